The van der Waals surface area contributed by atoms with Crippen molar-refractivity contribution in [1.82, 2.24) is 0 Å². The third-order valence-electron chi connectivity index (χ3n) is 2.52. The minimum Gasteiger partial charge on any atom is -0.486 e. The second-order valence-electron chi connectivity index (χ2n) is 3.90. The van der Waals surface area contributed by atoms with Gasteiger partial charge in [-0.3, -0.25) is 10.1 Å². The van der Waals surface area contributed by atoms with E-state index in [1.807, 2.05) is 0 Å². The second kappa shape index (κ2) is 6.19. The summed E-state index contributed by atoms with van der Waals surface area (Å²) >= 11 is 9.14. The van der Waals surface area contributed by atoms with Gasteiger partial charge in [-0.25, -0.2) is 4.39 Å². The average Bonchev–Trinajstić information content (AvgIpc) is 2.41. The first-order valence-electron chi connectivity index (χ1n) is 5.48. The molecule has 2 rings (SSSR count). The van der Waals surface area contributed by atoms with Gasteiger partial charge in [0, 0.05) is 27.2 Å². The van der Waals surface area contributed by atoms with Crippen molar-refractivity contribution in [3.05, 3.63) is 67.4 Å². The molecule has 0 saturated carbocycles. The molecular formula is C13H8BrClFNO3. The largest absolute Gasteiger partial charge is 0.486 e. The number of nitro benzene ring substituents is 1. The molecule has 0 heterocycles. The molecule has 2 aromatic carbocycles. The quantitative estimate of drug-likeness (QED) is 0.585. The van der Waals surface area contributed by atoms with Gasteiger partial charge in [-0.1, -0.05) is 27.5 Å². The highest BCUT2D eigenvalue weighted by Crippen LogP contribution is 2.26. The SMILES string of the molecule is O=[N+]([O-])c1ccc(Cl)c(COc2cc(Br)ccc2F)c1. The standard InChI is InChI=1S/C13H8BrClFNO3/c14-9-1-4-12(16)13(6-9)20-7-8-5-10(17(18)19)2-3-11(8)15/h1-6H,7H2. The smallest absolute Gasteiger partial charge is 0.269 e. The van der Waals surface area contributed by atoms with Crippen LogP contribution in [0.3, 0.4) is 0 Å². The van der Waals surface area contributed by atoms with Gasteiger partial charge in [0.25, 0.3) is 5.69 Å². The van der Waals surface area contributed by atoms with Crippen molar-refractivity contribution in [2.24, 2.45) is 0 Å². The highest BCUT2D eigenvalue weighted by atomic mass is 79.9. The van der Waals surface area contributed by atoms with Gasteiger partial charge in [0.15, 0.2) is 11.6 Å². The molecule has 4 nitrogen and oxygen atoms in total. The van der Waals surface area contributed by atoms with Gasteiger partial charge in [0.1, 0.15) is 6.61 Å². The minimum absolute atomic E-state index is 0.0435. The Bertz CT molecular complexity index is 666. The number of halogens is 3. The number of rotatable bonds is 4. The molecule has 20 heavy (non-hydrogen) atoms. The Kier molecular flexibility index (Phi) is 4.57. The Balaban J connectivity index is 2.20. The molecule has 7 heteroatoms. The van der Waals surface area contributed by atoms with Crippen molar-refractivity contribution in [1.29, 1.82) is 0 Å². The molecule has 0 unspecified atom stereocenters. The summed E-state index contributed by atoms with van der Waals surface area (Å²) in [4.78, 5) is 10.2. The van der Waals surface area contributed by atoms with Crippen LogP contribution in [0.15, 0.2) is 40.9 Å². The Morgan fingerprint density at radius 1 is 1.30 bits per heavy atom. The fourth-order valence-corrected chi connectivity index (χ4v) is 2.04. The molecule has 0 aromatic heterocycles. The summed E-state index contributed by atoms with van der Waals surface area (Å²) in [5.41, 5.74) is 0.322. The van der Waals surface area contributed by atoms with Crippen LogP contribution in [0.1, 0.15) is 5.56 Å². The summed E-state index contributed by atoms with van der Waals surface area (Å²) in [5, 5.41) is 11.0. The van der Waals surface area contributed by atoms with Crippen molar-refractivity contribution in [3.63, 3.8) is 0 Å². The lowest BCUT2D eigenvalue weighted by Crippen LogP contribution is -1.99. The first-order valence-corrected chi connectivity index (χ1v) is 6.65. The van der Waals surface area contributed by atoms with Gasteiger partial charge in [-0.2, -0.15) is 0 Å². The van der Waals surface area contributed by atoms with E-state index < -0.39 is 10.7 Å². The maximum atomic E-state index is 13.5. The normalized spacial score (nSPS) is 10.3. The van der Waals surface area contributed by atoms with E-state index in [4.69, 9.17) is 16.3 Å². The van der Waals surface area contributed by atoms with Gasteiger partial charge in [0.2, 0.25) is 0 Å². The minimum atomic E-state index is -0.528. The van der Waals surface area contributed by atoms with Crippen LogP contribution in [0.5, 0.6) is 5.75 Å². The number of non-ortho nitro benzene ring substituents is 1. The zero-order chi connectivity index (χ0) is 14.7. The number of benzene rings is 2. The lowest BCUT2D eigenvalue weighted by atomic mass is 10.2. The number of nitro groups is 1. The number of nitrogens with zero attached hydrogens (tertiary/aromatic N) is 1. The topological polar surface area (TPSA) is 52.4 Å². The van der Waals surface area contributed by atoms with Crippen molar-refractivity contribution < 1.29 is 14.1 Å². The van der Waals surface area contributed by atoms with Crippen molar-refractivity contribution in [2.45, 2.75) is 6.61 Å². The summed E-state index contributed by atoms with van der Waals surface area (Å²) in [5.74, 6) is -0.475. The van der Waals surface area contributed by atoms with Crippen LogP contribution in [0.2, 0.25) is 5.02 Å². The van der Waals surface area contributed by atoms with Gasteiger partial charge in [-0.15, -0.1) is 0 Å². The molecule has 0 aliphatic heterocycles. The van der Waals surface area contributed by atoms with E-state index in [0.717, 1.165) is 0 Å². The predicted octanol–water partition coefficient (Wildman–Crippen LogP) is 4.73. The maximum absolute atomic E-state index is 13.5. The molecule has 0 N–H and O–H groups in total. The first kappa shape index (κ1) is 14.7. The third-order valence-corrected chi connectivity index (χ3v) is 3.38. The van der Waals surface area contributed by atoms with Gasteiger partial charge in [-0.05, 0) is 24.3 Å². The highest BCUT2D eigenvalue weighted by molar-refractivity contribution is 9.10. The van der Waals surface area contributed by atoms with E-state index in [-0.39, 0.29) is 18.0 Å². The molecule has 2 aromatic rings. The molecule has 0 aliphatic rings. The second-order valence-corrected chi connectivity index (χ2v) is 5.22. The molecule has 0 fully saturated rings. The molecule has 104 valence electrons. The third kappa shape index (κ3) is 3.46. The molecule has 0 bridgehead atoms. The van der Waals surface area contributed by atoms with E-state index >= 15 is 0 Å². The van der Waals surface area contributed by atoms with E-state index in [1.54, 1.807) is 6.07 Å². The lowest BCUT2D eigenvalue weighted by Gasteiger charge is -2.09. The number of hydrogen-bond donors (Lipinski definition) is 0. The molecule has 0 radical (unpaired) electrons. The van der Waals surface area contributed by atoms with Crippen LogP contribution < -0.4 is 4.74 Å². The fourth-order valence-electron chi connectivity index (χ4n) is 1.53. The van der Waals surface area contributed by atoms with Crippen LogP contribution in [-0.4, -0.2) is 4.92 Å². The summed E-state index contributed by atoms with van der Waals surface area (Å²) in [6.07, 6.45) is 0. The Labute approximate surface area is 127 Å². The molecule has 0 spiro atoms. The van der Waals surface area contributed by atoms with Crippen LogP contribution in [0.4, 0.5) is 10.1 Å². The van der Waals surface area contributed by atoms with Crippen molar-refractivity contribution in [3.8, 4) is 5.75 Å². The maximum Gasteiger partial charge on any atom is 0.269 e. The Morgan fingerprint density at radius 2 is 2.05 bits per heavy atom. The van der Waals surface area contributed by atoms with Gasteiger partial charge >= 0.3 is 0 Å². The highest BCUT2D eigenvalue weighted by Gasteiger charge is 2.11. The van der Waals surface area contributed by atoms with E-state index in [0.29, 0.717) is 15.1 Å². The fraction of sp³-hybridized carbons (Fsp3) is 0.0769. The predicted molar refractivity (Wildman–Crippen MR) is 76.5 cm³/mol. The molecule has 0 aliphatic carbocycles. The van der Waals surface area contributed by atoms with Crippen LogP contribution in [-0.2, 0) is 6.61 Å². The van der Waals surface area contributed by atoms with Crippen LogP contribution in [0, 0.1) is 15.9 Å². The first-order chi connectivity index (χ1) is 9.47. The van der Waals surface area contributed by atoms with Crippen LogP contribution in [0.25, 0.3) is 0 Å². The lowest BCUT2D eigenvalue weighted by molar-refractivity contribution is -0.384. The zero-order valence-corrected chi connectivity index (χ0v) is 12.3. The van der Waals surface area contributed by atoms with E-state index in [2.05, 4.69) is 15.9 Å². The van der Waals surface area contributed by atoms with Gasteiger partial charge in [0.05, 0.1) is 4.92 Å². The number of hydrogen-bond acceptors (Lipinski definition) is 3. The molecule has 0 atom stereocenters. The van der Waals surface area contributed by atoms with Crippen molar-refractivity contribution in [2.75, 3.05) is 0 Å². The van der Waals surface area contributed by atoms with E-state index in [9.17, 15) is 14.5 Å². The molecule has 0 saturated heterocycles. The van der Waals surface area contributed by atoms with Crippen LogP contribution >= 0.6 is 27.5 Å². The van der Waals surface area contributed by atoms with E-state index in [1.165, 1.54) is 30.3 Å². The summed E-state index contributed by atoms with van der Waals surface area (Å²) < 4.78 is 19.5. The van der Waals surface area contributed by atoms with Gasteiger partial charge < -0.3 is 4.74 Å². The molecular weight excluding hydrogens is 353 g/mol. The monoisotopic (exact) mass is 359 g/mol. The average molecular weight is 361 g/mol. The summed E-state index contributed by atoms with van der Waals surface area (Å²) in [6, 6.07) is 8.29. The summed E-state index contributed by atoms with van der Waals surface area (Å²) in [6.45, 7) is -0.0616. The summed E-state index contributed by atoms with van der Waals surface area (Å²) in [7, 11) is 0. The number of ether oxygens (including phenoxy) is 1. The van der Waals surface area contributed by atoms with Crippen molar-refractivity contribution >= 4 is 33.2 Å². The Morgan fingerprint density at radius 3 is 2.75 bits per heavy atom. The molecule has 0 amide bonds. The Hall–Kier alpha value is -1.66. The zero-order valence-electron chi connectivity index (χ0n) is 9.98.